The summed E-state index contributed by atoms with van der Waals surface area (Å²) in [5.74, 6) is 1.01. The molecule has 13 heteroatoms. The average molecular weight is 548 g/mol. The van der Waals surface area contributed by atoms with Crippen molar-refractivity contribution in [2.45, 2.75) is 51.7 Å². The van der Waals surface area contributed by atoms with Crippen molar-refractivity contribution in [2.24, 2.45) is 0 Å². The number of hydrogen-bond acceptors (Lipinski definition) is 7. The molecule has 0 bridgehead atoms. The first kappa shape index (κ1) is 27.9. The Balaban J connectivity index is 1.55. The van der Waals surface area contributed by atoms with Gasteiger partial charge in [-0.1, -0.05) is 19.1 Å². The maximum atomic E-state index is 15.1. The summed E-state index contributed by atoms with van der Waals surface area (Å²) >= 11 is 0. The van der Waals surface area contributed by atoms with Crippen molar-refractivity contribution in [3.8, 4) is 11.4 Å². The molecule has 1 aliphatic heterocycles. The van der Waals surface area contributed by atoms with Gasteiger partial charge in [0.2, 0.25) is 5.95 Å². The molecule has 1 aromatic carbocycles. The van der Waals surface area contributed by atoms with Crippen LogP contribution in [0.2, 0.25) is 0 Å². The van der Waals surface area contributed by atoms with Crippen molar-refractivity contribution in [1.82, 2.24) is 29.5 Å². The molecule has 0 fully saturated rings. The lowest BCUT2D eigenvalue weighted by molar-refractivity contribution is -0.163. The maximum absolute atomic E-state index is 15.1. The number of fused-ring (bicyclic) bond motifs is 1. The number of nitrogens with zero attached hydrogens (tertiary/aromatic N) is 6. The van der Waals surface area contributed by atoms with Gasteiger partial charge in [0.25, 0.3) is 0 Å². The molecule has 4 rings (SSSR count). The highest BCUT2D eigenvalue weighted by Gasteiger charge is 2.29. The van der Waals surface area contributed by atoms with Crippen molar-refractivity contribution < 1.29 is 27.0 Å². The highest BCUT2D eigenvalue weighted by molar-refractivity contribution is 5.62. The molecule has 3 heterocycles. The normalized spacial score (nSPS) is 16.2. The van der Waals surface area contributed by atoms with Gasteiger partial charge in [0, 0.05) is 24.6 Å². The Morgan fingerprint density at radius 1 is 1.23 bits per heavy atom. The number of benzene rings is 1. The number of nitrogens with one attached hydrogen (secondary N) is 1. The molecule has 0 saturated heterocycles. The van der Waals surface area contributed by atoms with E-state index in [2.05, 4.69) is 32.1 Å². The van der Waals surface area contributed by atoms with Crippen molar-refractivity contribution in [1.29, 1.82) is 0 Å². The summed E-state index contributed by atoms with van der Waals surface area (Å²) in [7, 11) is 1.47. The van der Waals surface area contributed by atoms with Crippen LogP contribution in [0.4, 0.5) is 29.2 Å². The van der Waals surface area contributed by atoms with Crippen LogP contribution in [-0.2, 0) is 11.3 Å². The summed E-state index contributed by atoms with van der Waals surface area (Å²) in [6.45, 7) is 6.67. The first-order valence-corrected chi connectivity index (χ1v) is 12.3. The molecule has 1 unspecified atom stereocenters. The highest BCUT2D eigenvalue weighted by atomic mass is 19.4. The van der Waals surface area contributed by atoms with E-state index in [9.17, 15) is 13.2 Å². The van der Waals surface area contributed by atoms with Crippen molar-refractivity contribution in [3.05, 3.63) is 72.1 Å². The summed E-state index contributed by atoms with van der Waals surface area (Å²) in [6, 6.07) is 2.78. The second kappa shape index (κ2) is 11.7. The molecule has 0 saturated carbocycles. The molecule has 208 valence electrons. The fourth-order valence-corrected chi connectivity index (χ4v) is 4.18. The number of hydrogen-bond donors (Lipinski definition) is 1. The van der Waals surface area contributed by atoms with Crippen molar-refractivity contribution in [2.75, 3.05) is 19.0 Å². The lowest BCUT2D eigenvalue weighted by Gasteiger charge is -2.14. The summed E-state index contributed by atoms with van der Waals surface area (Å²) in [5, 5.41) is 11.7. The minimum Gasteiger partial charge on any atom is -0.494 e. The van der Waals surface area contributed by atoms with E-state index in [1.165, 1.54) is 42.4 Å². The summed E-state index contributed by atoms with van der Waals surface area (Å²) in [6.07, 6.45) is 4.04. The molecule has 3 aromatic rings. The summed E-state index contributed by atoms with van der Waals surface area (Å²) in [4.78, 5) is 8.69. The highest BCUT2D eigenvalue weighted by Crippen LogP contribution is 2.34. The minimum atomic E-state index is -4.43. The number of methoxy groups -OCH3 is 1. The standard InChI is InChI=1S/C26H29F4N7O2/c1-5-18(39-14-26(28,29)30)10-9-16(2)19-8-6-7-11-36-24(19)33-25(35-36)32-21-13-23(38-4)22(12-20(21)27)37-15-31-17(3)34-37/h5,9-10,12-13,15,19H,2,6-8,11,14H2,1,3-4H3,(H,32,35). The SMILES string of the molecule is C=C(C=CC(=CC)OCC(F)(F)F)C1CCCCn2nc(Nc3cc(OC)c(-n4cnc(C)n4)cc3F)nc21. The maximum Gasteiger partial charge on any atom is 0.422 e. The molecular weight excluding hydrogens is 518 g/mol. The van der Waals surface area contributed by atoms with E-state index in [1.54, 1.807) is 24.6 Å². The van der Waals surface area contributed by atoms with Crippen LogP contribution in [0.1, 0.15) is 43.8 Å². The Kier molecular flexibility index (Phi) is 8.36. The van der Waals surface area contributed by atoms with E-state index in [-0.39, 0.29) is 23.3 Å². The van der Waals surface area contributed by atoms with Gasteiger partial charge < -0.3 is 14.8 Å². The first-order chi connectivity index (χ1) is 18.6. The molecule has 1 atom stereocenters. The topological polar surface area (TPSA) is 91.9 Å². The molecule has 0 amide bonds. The molecular formula is C26H29F4N7O2. The Bertz CT molecular complexity index is 1390. The molecule has 2 aromatic heterocycles. The van der Waals surface area contributed by atoms with Gasteiger partial charge in [0.1, 0.15) is 41.0 Å². The Labute approximate surface area is 222 Å². The number of allylic oxidation sites excluding steroid dienone is 4. The van der Waals surface area contributed by atoms with E-state index in [1.807, 2.05) is 0 Å². The van der Waals surface area contributed by atoms with Gasteiger partial charge in [-0.05, 0) is 44.4 Å². The largest absolute Gasteiger partial charge is 0.494 e. The molecule has 39 heavy (non-hydrogen) atoms. The number of rotatable bonds is 9. The molecule has 9 nitrogen and oxygen atoms in total. The lowest BCUT2D eigenvalue weighted by atomic mass is 9.94. The van der Waals surface area contributed by atoms with E-state index in [0.717, 1.165) is 19.3 Å². The summed E-state index contributed by atoms with van der Waals surface area (Å²) < 4.78 is 66.1. The third-order valence-corrected chi connectivity index (χ3v) is 6.09. The number of ether oxygens (including phenoxy) is 2. The van der Waals surface area contributed by atoms with Crippen LogP contribution in [-0.4, -0.2) is 49.4 Å². The quantitative estimate of drug-likeness (QED) is 0.202. The number of halogens is 4. The molecule has 1 aliphatic rings. The Morgan fingerprint density at radius 2 is 2.03 bits per heavy atom. The van der Waals surface area contributed by atoms with Crippen LogP contribution >= 0.6 is 0 Å². The van der Waals surface area contributed by atoms with E-state index in [0.29, 0.717) is 35.2 Å². The van der Waals surface area contributed by atoms with E-state index in [4.69, 9.17) is 9.47 Å². The van der Waals surface area contributed by atoms with Gasteiger partial charge in [0.15, 0.2) is 6.61 Å². The second-order valence-electron chi connectivity index (χ2n) is 8.93. The second-order valence-corrected chi connectivity index (χ2v) is 8.93. The van der Waals surface area contributed by atoms with E-state index >= 15 is 4.39 Å². The predicted octanol–water partition coefficient (Wildman–Crippen LogP) is 5.92. The average Bonchev–Trinajstić information content (AvgIpc) is 3.44. The fourth-order valence-electron chi connectivity index (χ4n) is 4.18. The van der Waals surface area contributed by atoms with Crippen molar-refractivity contribution >= 4 is 11.6 Å². The zero-order valence-corrected chi connectivity index (χ0v) is 21.8. The van der Waals surface area contributed by atoms with Gasteiger partial charge in [-0.3, -0.25) is 0 Å². The van der Waals surface area contributed by atoms with Crippen LogP contribution < -0.4 is 10.1 Å². The molecule has 0 radical (unpaired) electrons. The number of aromatic nitrogens is 6. The minimum absolute atomic E-state index is 0.0832. The van der Waals surface area contributed by atoms with Gasteiger partial charge in [-0.2, -0.15) is 23.3 Å². The molecule has 0 spiro atoms. The van der Waals surface area contributed by atoms with Crippen LogP contribution in [0, 0.1) is 12.7 Å². The van der Waals surface area contributed by atoms with Crippen LogP contribution in [0.3, 0.4) is 0 Å². The Hall–Kier alpha value is -4.16. The van der Waals surface area contributed by atoms with Gasteiger partial charge in [-0.15, -0.1) is 5.10 Å². The van der Waals surface area contributed by atoms with Crippen LogP contribution in [0.15, 0.2) is 54.6 Å². The number of alkyl halides is 3. The first-order valence-electron chi connectivity index (χ1n) is 12.3. The zero-order valence-electron chi connectivity index (χ0n) is 21.8. The number of anilines is 2. The number of aryl methyl sites for hydroxylation is 2. The monoisotopic (exact) mass is 547 g/mol. The van der Waals surface area contributed by atoms with E-state index < -0.39 is 18.6 Å². The lowest BCUT2D eigenvalue weighted by Crippen LogP contribution is -2.16. The third kappa shape index (κ3) is 6.84. The van der Waals surface area contributed by atoms with Gasteiger partial charge >= 0.3 is 6.18 Å². The third-order valence-electron chi connectivity index (χ3n) is 6.09. The smallest absolute Gasteiger partial charge is 0.422 e. The van der Waals surface area contributed by atoms with Gasteiger partial charge in [0.05, 0.1) is 12.8 Å². The van der Waals surface area contributed by atoms with Crippen LogP contribution in [0.25, 0.3) is 5.69 Å². The van der Waals surface area contributed by atoms with Crippen LogP contribution in [0.5, 0.6) is 5.75 Å². The summed E-state index contributed by atoms with van der Waals surface area (Å²) in [5.41, 5.74) is 1.15. The Morgan fingerprint density at radius 3 is 2.69 bits per heavy atom. The molecule has 0 aliphatic carbocycles. The molecule has 1 N–H and O–H groups in total. The predicted molar refractivity (Wildman–Crippen MR) is 137 cm³/mol. The fraction of sp³-hybridized carbons (Fsp3) is 0.385. The van der Waals surface area contributed by atoms with Crippen molar-refractivity contribution in [3.63, 3.8) is 0 Å². The van der Waals surface area contributed by atoms with Gasteiger partial charge in [-0.25, -0.2) is 18.7 Å². The zero-order chi connectivity index (χ0) is 28.2.